The van der Waals surface area contributed by atoms with Crippen LogP contribution in [0.15, 0.2) is 102 Å². The van der Waals surface area contributed by atoms with E-state index in [9.17, 15) is 0 Å². The van der Waals surface area contributed by atoms with Crippen molar-refractivity contribution in [2.24, 2.45) is 4.99 Å². The van der Waals surface area contributed by atoms with E-state index in [-0.39, 0.29) is 0 Å². The molecule has 0 fully saturated rings. The maximum absolute atomic E-state index is 4.88. The zero-order valence-electron chi connectivity index (χ0n) is 14.3. The highest BCUT2D eigenvalue weighted by molar-refractivity contribution is 6.14. The van der Waals surface area contributed by atoms with Crippen LogP contribution in [0.2, 0.25) is 0 Å². The summed E-state index contributed by atoms with van der Waals surface area (Å²) in [5, 5.41) is 7.34. The predicted molar refractivity (Wildman–Crippen MR) is 113 cm³/mol. The van der Waals surface area contributed by atoms with Gasteiger partial charge in [0.25, 0.3) is 0 Å². The van der Waals surface area contributed by atoms with E-state index in [1.165, 1.54) is 37.9 Å². The molecule has 5 aromatic carbocycles. The largest absolute Gasteiger partial charge is 0.256 e. The molecule has 0 aliphatic rings. The molecule has 1 nitrogen and oxygen atoms in total. The fourth-order valence-electron chi connectivity index (χ4n) is 3.64. The number of benzene rings is 5. The van der Waals surface area contributed by atoms with E-state index in [1.807, 2.05) is 6.21 Å². The monoisotopic (exact) mass is 331 g/mol. The van der Waals surface area contributed by atoms with Gasteiger partial charge in [0.2, 0.25) is 0 Å². The van der Waals surface area contributed by atoms with Gasteiger partial charge in [-0.25, -0.2) is 0 Å². The number of aliphatic imine (C=N–C) groups is 1. The lowest BCUT2D eigenvalue weighted by atomic mass is 9.97. The molecule has 5 rings (SSSR count). The molecule has 122 valence electrons. The molecule has 0 radical (unpaired) electrons. The zero-order chi connectivity index (χ0) is 17.3. The van der Waals surface area contributed by atoms with Crippen LogP contribution >= 0.6 is 0 Å². The molecule has 0 unspecified atom stereocenters. The van der Waals surface area contributed by atoms with Gasteiger partial charge in [-0.3, -0.25) is 4.99 Å². The lowest BCUT2D eigenvalue weighted by Crippen LogP contribution is -1.88. The standard InChI is InChI=1S/C25H17N/c1-6-14-23-18(8-1)11-7-15-25(23)26-17-24-21-12-4-2-9-19(21)16-20-10-3-5-13-22(20)24/h1-17H. The molecule has 5 aromatic rings. The quantitative estimate of drug-likeness (QED) is 0.246. The van der Waals surface area contributed by atoms with Crippen molar-refractivity contribution in [2.75, 3.05) is 0 Å². The van der Waals surface area contributed by atoms with E-state index in [4.69, 9.17) is 4.99 Å². The number of nitrogens with zero attached hydrogens (tertiary/aromatic N) is 1. The summed E-state index contributed by atoms with van der Waals surface area (Å²) in [6.07, 6.45) is 2.02. The predicted octanol–water partition coefficient (Wildman–Crippen LogP) is 6.90. The maximum atomic E-state index is 4.88. The number of hydrogen-bond acceptors (Lipinski definition) is 1. The maximum Gasteiger partial charge on any atom is 0.0708 e. The van der Waals surface area contributed by atoms with E-state index in [0.29, 0.717) is 0 Å². The molecule has 0 bridgehead atoms. The first-order chi connectivity index (χ1) is 12.9. The molecule has 0 heterocycles. The zero-order valence-corrected chi connectivity index (χ0v) is 14.3. The van der Waals surface area contributed by atoms with Crippen LogP contribution in [-0.2, 0) is 0 Å². The fourth-order valence-corrected chi connectivity index (χ4v) is 3.64. The van der Waals surface area contributed by atoms with Crippen LogP contribution in [0.3, 0.4) is 0 Å². The summed E-state index contributed by atoms with van der Waals surface area (Å²) >= 11 is 0. The van der Waals surface area contributed by atoms with Gasteiger partial charge in [0.1, 0.15) is 0 Å². The molecule has 26 heavy (non-hydrogen) atoms. The van der Waals surface area contributed by atoms with E-state index >= 15 is 0 Å². The summed E-state index contributed by atoms with van der Waals surface area (Å²) in [6, 6.07) is 33.9. The highest BCUT2D eigenvalue weighted by Gasteiger charge is 2.06. The van der Waals surface area contributed by atoms with Gasteiger partial charge in [0.05, 0.1) is 5.69 Å². The summed E-state index contributed by atoms with van der Waals surface area (Å²) in [5.74, 6) is 0. The van der Waals surface area contributed by atoms with Crippen molar-refractivity contribution in [2.45, 2.75) is 0 Å². The highest BCUT2D eigenvalue weighted by Crippen LogP contribution is 2.29. The summed E-state index contributed by atoms with van der Waals surface area (Å²) in [6.45, 7) is 0. The highest BCUT2D eigenvalue weighted by atomic mass is 14.7. The number of hydrogen-bond donors (Lipinski definition) is 0. The smallest absolute Gasteiger partial charge is 0.0708 e. The Morgan fingerprint density at radius 1 is 0.500 bits per heavy atom. The minimum Gasteiger partial charge on any atom is -0.256 e. The van der Waals surface area contributed by atoms with Crippen molar-refractivity contribution in [3.05, 3.63) is 103 Å². The van der Waals surface area contributed by atoms with Crippen LogP contribution in [0.1, 0.15) is 5.56 Å². The molecule has 0 N–H and O–H groups in total. The van der Waals surface area contributed by atoms with Gasteiger partial charge < -0.3 is 0 Å². The second-order valence-electron chi connectivity index (χ2n) is 6.49. The molecular formula is C25H17N. The minimum absolute atomic E-state index is 1.00. The second-order valence-corrected chi connectivity index (χ2v) is 6.49. The Kier molecular flexibility index (Phi) is 3.50. The summed E-state index contributed by atoms with van der Waals surface area (Å²) in [5.41, 5.74) is 2.17. The van der Waals surface area contributed by atoms with Crippen LogP contribution in [0.25, 0.3) is 32.3 Å². The van der Waals surface area contributed by atoms with Gasteiger partial charge in [-0.05, 0) is 39.1 Å². The topological polar surface area (TPSA) is 12.4 Å². The van der Waals surface area contributed by atoms with E-state index in [2.05, 4.69) is 97.1 Å². The van der Waals surface area contributed by atoms with Gasteiger partial charge >= 0.3 is 0 Å². The van der Waals surface area contributed by atoms with Gasteiger partial charge in [-0.15, -0.1) is 0 Å². The van der Waals surface area contributed by atoms with Crippen LogP contribution in [0.4, 0.5) is 5.69 Å². The van der Waals surface area contributed by atoms with Crippen LogP contribution in [-0.4, -0.2) is 6.21 Å². The average Bonchev–Trinajstić information content (AvgIpc) is 2.71. The van der Waals surface area contributed by atoms with E-state index in [0.717, 1.165) is 5.69 Å². The Labute approximate surface area is 152 Å². The molecule has 0 saturated heterocycles. The van der Waals surface area contributed by atoms with Crippen molar-refractivity contribution in [3.63, 3.8) is 0 Å². The van der Waals surface area contributed by atoms with Crippen LogP contribution in [0, 0.1) is 0 Å². The molecule has 0 amide bonds. The normalized spacial score (nSPS) is 11.7. The second kappa shape index (κ2) is 6.12. The summed E-state index contributed by atoms with van der Waals surface area (Å²) < 4.78 is 0. The van der Waals surface area contributed by atoms with Crippen molar-refractivity contribution < 1.29 is 0 Å². The summed E-state index contributed by atoms with van der Waals surface area (Å²) in [7, 11) is 0. The van der Waals surface area contributed by atoms with Crippen LogP contribution in [0.5, 0.6) is 0 Å². The van der Waals surface area contributed by atoms with Crippen LogP contribution < -0.4 is 0 Å². The molecule has 0 spiro atoms. The molecule has 0 atom stereocenters. The number of fused-ring (bicyclic) bond motifs is 3. The van der Waals surface area contributed by atoms with Gasteiger partial charge in [0, 0.05) is 17.2 Å². The molecule has 1 heteroatoms. The Morgan fingerprint density at radius 2 is 1.04 bits per heavy atom. The Balaban J connectivity index is 1.76. The molecule has 0 saturated carbocycles. The van der Waals surface area contributed by atoms with Crippen molar-refractivity contribution in [3.8, 4) is 0 Å². The van der Waals surface area contributed by atoms with Crippen molar-refractivity contribution in [1.29, 1.82) is 0 Å². The molecular weight excluding hydrogens is 314 g/mol. The molecule has 0 aliphatic heterocycles. The van der Waals surface area contributed by atoms with Gasteiger partial charge in [-0.2, -0.15) is 0 Å². The minimum atomic E-state index is 1.00. The van der Waals surface area contributed by atoms with E-state index in [1.54, 1.807) is 0 Å². The molecule has 0 aliphatic carbocycles. The Bertz CT molecular complexity index is 1220. The SMILES string of the molecule is C(=Nc1cccc2ccccc12)c1c2ccccc2cc2ccccc12. The summed E-state index contributed by atoms with van der Waals surface area (Å²) in [4.78, 5) is 4.88. The third-order valence-corrected chi connectivity index (χ3v) is 4.91. The van der Waals surface area contributed by atoms with Gasteiger partial charge in [-0.1, -0.05) is 84.9 Å². The number of rotatable bonds is 2. The van der Waals surface area contributed by atoms with Crippen molar-refractivity contribution in [1.82, 2.24) is 0 Å². The Hall–Kier alpha value is -3.45. The third-order valence-electron chi connectivity index (χ3n) is 4.91. The first-order valence-corrected chi connectivity index (χ1v) is 8.82. The first-order valence-electron chi connectivity index (χ1n) is 8.82. The Morgan fingerprint density at radius 3 is 1.73 bits per heavy atom. The molecule has 0 aromatic heterocycles. The van der Waals surface area contributed by atoms with E-state index < -0.39 is 0 Å². The average molecular weight is 331 g/mol. The fraction of sp³-hybridized carbons (Fsp3) is 0. The lowest BCUT2D eigenvalue weighted by Gasteiger charge is -2.08. The lowest BCUT2D eigenvalue weighted by molar-refractivity contribution is 1.58. The third kappa shape index (κ3) is 2.46. The van der Waals surface area contributed by atoms with Crippen molar-refractivity contribution >= 4 is 44.2 Å². The first kappa shape index (κ1) is 14.9. The van der Waals surface area contributed by atoms with Gasteiger partial charge in [0.15, 0.2) is 0 Å².